The number of anilines is 1. The van der Waals surface area contributed by atoms with E-state index in [4.69, 9.17) is 4.74 Å². The van der Waals surface area contributed by atoms with Crippen molar-refractivity contribution in [1.82, 2.24) is 9.62 Å². The number of methoxy groups -OCH3 is 1. The van der Waals surface area contributed by atoms with Crippen LogP contribution in [0.3, 0.4) is 0 Å². The summed E-state index contributed by atoms with van der Waals surface area (Å²) in [6, 6.07) is 11.6. The number of benzene rings is 2. The number of aryl methyl sites for hydroxylation is 2. The maximum Gasteiger partial charge on any atom is 0.313 e. The highest BCUT2D eigenvalue weighted by molar-refractivity contribution is 7.89. The average Bonchev–Trinajstić information content (AvgIpc) is 3.23. The summed E-state index contributed by atoms with van der Waals surface area (Å²) < 4.78 is 33.0. The molecule has 1 aliphatic rings. The topological polar surface area (TPSA) is 105 Å². The molecule has 1 atom stereocenters. The van der Waals surface area contributed by atoms with Crippen LogP contribution in [0.5, 0.6) is 5.75 Å². The Bertz CT molecular complexity index is 1080. The van der Waals surface area contributed by atoms with E-state index in [1.807, 2.05) is 13.0 Å². The maximum absolute atomic E-state index is 13.2. The van der Waals surface area contributed by atoms with Crippen molar-refractivity contribution in [3.05, 3.63) is 53.6 Å². The molecule has 1 unspecified atom stereocenters. The van der Waals surface area contributed by atoms with Gasteiger partial charge in [-0.05, 0) is 56.0 Å². The molecule has 0 saturated carbocycles. The van der Waals surface area contributed by atoms with Gasteiger partial charge in [0.05, 0.1) is 12.0 Å². The lowest BCUT2D eigenvalue weighted by Gasteiger charge is -2.25. The van der Waals surface area contributed by atoms with Gasteiger partial charge in [-0.15, -0.1) is 0 Å². The first-order valence-corrected chi connectivity index (χ1v) is 11.5. The zero-order valence-electron chi connectivity index (χ0n) is 17.8. The molecule has 2 amide bonds. The lowest BCUT2D eigenvalue weighted by molar-refractivity contribution is -0.136. The van der Waals surface area contributed by atoms with E-state index in [0.29, 0.717) is 36.4 Å². The molecule has 166 valence electrons. The number of rotatable bonds is 6. The Hall–Kier alpha value is -2.91. The molecule has 31 heavy (non-hydrogen) atoms. The zero-order valence-corrected chi connectivity index (χ0v) is 18.7. The maximum atomic E-state index is 13.2. The number of hydrogen-bond donors (Lipinski definition) is 2. The molecule has 0 spiro atoms. The molecule has 2 aromatic rings. The number of nitrogens with one attached hydrogen (secondary N) is 2. The SMILES string of the molecule is COc1cccc(NC(=O)C(=O)NCC2CCCN2S(=O)(=O)c2cc(C)ccc2C)c1. The van der Waals surface area contributed by atoms with E-state index in [1.54, 1.807) is 43.3 Å². The summed E-state index contributed by atoms with van der Waals surface area (Å²) >= 11 is 0. The Balaban J connectivity index is 1.64. The Kier molecular flexibility index (Phi) is 6.97. The lowest BCUT2D eigenvalue weighted by Crippen LogP contribution is -2.45. The van der Waals surface area contributed by atoms with Gasteiger partial charge >= 0.3 is 11.8 Å². The fourth-order valence-electron chi connectivity index (χ4n) is 3.62. The van der Waals surface area contributed by atoms with E-state index in [2.05, 4.69) is 10.6 Å². The van der Waals surface area contributed by atoms with Crippen LogP contribution in [0, 0.1) is 13.8 Å². The van der Waals surface area contributed by atoms with Crippen molar-refractivity contribution in [3.63, 3.8) is 0 Å². The standard InChI is InChI=1S/C22H27N3O5S/c1-15-9-10-16(2)20(12-15)31(28,29)25-11-5-7-18(25)14-23-21(26)22(27)24-17-6-4-8-19(13-17)30-3/h4,6,8-10,12-13,18H,5,7,11,14H2,1-3H3,(H,23,26)(H,24,27). The number of nitrogens with zero attached hydrogens (tertiary/aromatic N) is 1. The first kappa shape index (κ1) is 22.8. The third-order valence-corrected chi connectivity index (χ3v) is 7.38. The van der Waals surface area contributed by atoms with E-state index < -0.39 is 27.9 Å². The number of sulfonamides is 1. The van der Waals surface area contributed by atoms with E-state index in [-0.39, 0.29) is 11.4 Å². The highest BCUT2D eigenvalue weighted by Gasteiger charge is 2.36. The smallest absolute Gasteiger partial charge is 0.313 e. The second-order valence-corrected chi connectivity index (χ2v) is 9.44. The average molecular weight is 446 g/mol. The van der Waals surface area contributed by atoms with Crippen LogP contribution in [0.2, 0.25) is 0 Å². The van der Waals surface area contributed by atoms with Crippen molar-refractivity contribution in [3.8, 4) is 5.75 Å². The van der Waals surface area contributed by atoms with Gasteiger partial charge in [-0.2, -0.15) is 4.31 Å². The Morgan fingerprint density at radius 1 is 1.13 bits per heavy atom. The second kappa shape index (κ2) is 9.49. The molecule has 0 aliphatic carbocycles. The van der Waals surface area contributed by atoms with Crippen LogP contribution in [-0.2, 0) is 19.6 Å². The van der Waals surface area contributed by atoms with Crippen LogP contribution in [0.1, 0.15) is 24.0 Å². The first-order valence-electron chi connectivity index (χ1n) is 10.0. The van der Waals surface area contributed by atoms with Crippen molar-refractivity contribution in [1.29, 1.82) is 0 Å². The molecular formula is C22H27N3O5S. The molecule has 0 bridgehead atoms. The minimum absolute atomic E-state index is 0.0639. The van der Waals surface area contributed by atoms with Gasteiger partial charge in [0.2, 0.25) is 10.0 Å². The molecule has 0 aromatic heterocycles. The fraction of sp³-hybridized carbons (Fsp3) is 0.364. The van der Waals surface area contributed by atoms with Gasteiger partial charge < -0.3 is 15.4 Å². The summed E-state index contributed by atoms with van der Waals surface area (Å²) in [6.07, 6.45) is 1.31. The highest BCUT2D eigenvalue weighted by atomic mass is 32.2. The third-order valence-electron chi connectivity index (χ3n) is 5.29. The summed E-state index contributed by atoms with van der Waals surface area (Å²) in [6.45, 7) is 4.06. The van der Waals surface area contributed by atoms with Gasteiger partial charge in [-0.1, -0.05) is 18.2 Å². The van der Waals surface area contributed by atoms with Crippen molar-refractivity contribution in [2.75, 3.05) is 25.5 Å². The minimum Gasteiger partial charge on any atom is -0.497 e. The van der Waals surface area contributed by atoms with Crippen LogP contribution >= 0.6 is 0 Å². The highest BCUT2D eigenvalue weighted by Crippen LogP contribution is 2.28. The van der Waals surface area contributed by atoms with E-state index in [1.165, 1.54) is 11.4 Å². The molecule has 2 aromatic carbocycles. The van der Waals surface area contributed by atoms with Crippen molar-refractivity contribution in [2.24, 2.45) is 0 Å². The summed E-state index contributed by atoms with van der Waals surface area (Å²) in [7, 11) is -2.19. The van der Waals surface area contributed by atoms with Crippen molar-refractivity contribution in [2.45, 2.75) is 37.6 Å². The van der Waals surface area contributed by atoms with E-state index >= 15 is 0 Å². The van der Waals surface area contributed by atoms with Crippen LogP contribution in [0.15, 0.2) is 47.4 Å². The summed E-state index contributed by atoms with van der Waals surface area (Å²) in [5, 5.41) is 5.07. The predicted molar refractivity (Wildman–Crippen MR) is 117 cm³/mol. The summed E-state index contributed by atoms with van der Waals surface area (Å²) in [5.74, 6) is -1.09. The molecule has 0 radical (unpaired) electrons. The molecule has 3 rings (SSSR count). The molecule has 9 heteroatoms. The molecule has 1 saturated heterocycles. The van der Waals surface area contributed by atoms with Crippen LogP contribution in [0.4, 0.5) is 5.69 Å². The summed E-state index contributed by atoms with van der Waals surface area (Å²) in [5.41, 5.74) is 1.97. The molecular weight excluding hydrogens is 418 g/mol. The second-order valence-electron chi connectivity index (χ2n) is 7.58. The van der Waals surface area contributed by atoms with Gasteiger partial charge in [0.25, 0.3) is 0 Å². The first-order chi connectivity index (χ1) is 14.7. The number of carbonyl (C=O) groups excluding carboxylic acids is 2. The van der Waals surface area contributed by atoms with Crippen LogP contribution < -0.4 is 15.4 Å². The summed E-state index contributed by atoms with van der Waals surface area (Å²) in [4.78, 5) is 24.7. The van der Waals surface area contributed by atoms with Gasteiger partial charge in [0.15, 0.2) is 0 Å². The van der Waals surface area contributed by atoms with Gasteiger partial charge in [-0.3, -0.25) is 9.59 Å². The molecule has 1 heterocycles. The Morgan fingerprint density at radius 2 is 1.90 bits per heavy atom. The third kappa shape index (κ3) is 5.23. The Morgan fingerprint density at radius 3 is 2.65 bits per heavy atom. The van der Waals surface area contributed by atoms with E-state index in [9.17, 15) is 18.0 Å². The predicted octanol–water partition coefficient (Wildman–Crippen LogP) is 2.22. The number of ether oxygens (including phenoxy) is 1. The lowest BCUT2D eigenvalue weighted by atomic mass is 10.2. The van der Waals surface area contributed by atoms with Crippen LogP contribution in [0.25, 0.3) is 0 Å². The molecule has 1 fully saturated rings. The van der Waals surface area contributed by atoms with Crippen molar-refractivity contribution < 1.29 is 22.7 Å². The van der Waals surface area contributed by atoms with Crippen molar-refractivity contribution >= 4 is 27.5 Å². The monoisotopic (exact) mass is 445 g/mol. The molecule has 8 nitrogen and oxygen atoms in total. The van der Waals surface area contributed by atoms with Crippen LogP contribution in [-0.4, -0.2) is 50.8 Å². The number of carbonyl (C=O) groups is 2. The zero-order chi connectivity index (χ0) is 22.6. The normalized spacial score (nSPS) is 16.7. The fourth-order valence-corrected chi connectivity index (χ4v) is 5.62. The van der Waals surface area contributed by atoms with Gasteiger partial charge in [0, 0.05) is 30.9 Å². The minimum atomic E-state index is -3.70. The molecule has 1 aliphatic heterocycles. The number of hydrogen-bond acceptors (Lipinski definition) is 5. The van der Waals surface area contributed by atoms with Gasteiger partial charge in [-0.25, -0.2) is 8.42 Å². The van der Waals surface area contributed by atoms with Gasteiger partial charge in [0.1, 0.15) is 5.75 Å². The quantitative estimate of drug-likeness (QED) is 0.664. The Labute approximate surface area is 182 Å². The number of amides is 2. The largest absolute Gasteiger partial charge is 0.497 e. The van der Waals surface area contributed by atoms with E-state index in [0.717, 1.165) is 5.56 Å². The molecule has 2 N–H and O–H groups in total.